The number of hydrogen-bond acceptors (Lipinski definition) is 3. The molecule has 3 heteroatoms. The van der Waals surface area contributed by atoms with Gasteiger partial charge >= 0.3 is 5.97 Å². The van der Waals surface area contributed by atoms with Gasteiger partial charge in [0, 0.05) is 0 Å². The number of ether oxygens (including phenoxy) is 1. The quantitative estimate of drug-likeness (QED) is 0.594. The molecule has 1 aliphatic carbocycles. The van der Waals surface area contributed by atoms with Crippen LogP contribution in [0.25, 0.3) is 0 Å². The van der Waals surface area contributed by atoms with Crippen LogP contribution in [0.3, 0.4) is 0 Å². The van der Waals surface area contributed by atoms with Crippen LogP contribution >= 0.6 is 0 Å². The zero-order valence-electron chi connectivity index (χ0n) is 12.1. The van der Waals surface area contributed by atoms with E-state index in [0.29, 0.717) is 6.61 Å². The Morgan fingerprint density at radius 3 is 2.24 bits per heavy atom. The lowest BCUT2D eigenvalue weighted by Gasteiger charge is -2.32. The Morgan fingerprint density at radius 1 is 1.35 bits per heavy atom. The maximum Gasteiger partial charge on any atom is 0.313 e. The Kier molecular flexibility index (Phi) is 3.92. The van der Waals surface area contributed by atoms with Crippen molar-refractivity contribution in [3.8, 4) is 0 Å². The Balaban J connectivity index is 2.60. The van der Waals surface area contributed by atoms with Gasteiger partial charge in [-0.3, -0.25) is 4.79 Å². The third-order valence-electron chi connectivity index (χ3n) is 4.17. The van der Waals surface area contributed by atoms with Crippen LogP contribution in [0, 0.1) is 16.2 Å². The smallest absolute Gasteiger partial charge is 0.313 e. The van der Waals surface area contributed by atoms with Crippen LogP contribution < -0.4 is 5.32 Å². The van der Waals surface area contributed by atoms with E-state index in [0.717, 1.165) is 19.4 Å². The summed E-state index contributed by atoms with van der Waals surface area (Å²) in [6.07, 6.45) is 1.82. The largest absolute Gasteiger partial charge is 0.465 e. The Labute approximate surface area is 105 Å². The fourth-order valence-electron chi connectivity index (χ4n) is 3.09. The van der Waals surface area contributed by atoms with Gasteiger partial charge in [-0.25, -0.2) is 0 Å². The predicted octanol–water partition coefficient (Wildman–Crippen LogP) is 2.60. The highest BCUT2D eigenvalue weighted by Crippen LogP contribution is 2.72. The monoisotopic (exact) mass is 241 g/mol. The van der Waals surface area contributed by atoms with E-state index in [-0.39, 0.29) is 22.2 Å². The van der Waals surface area contributed by atoms with Crippen molar-refractivity contribution >= 4 is 5.97 Å². The van der Waals surface area contributed by atoms with Crippen molar-refractivity contribution in [1.82, 2.24) is 5.32 Å². The van der Waals surface area contributed by atoms with Gasteiger partial charge in [0.1, 0.15) is 0 Å². The number of carbonyl (C=O) groups is 1. The van der Waals surface area contributed by atoms with Crippen molar-refractivity contribution in [3.05, 3.63) is 0 Å². The van der Waals surface area contributed by atoms with E-state index in [9.17, 15) is 4.79 Å². The van der Waals surface area contributed by atoms with Gasteiger partial charge in [0.25, 0.3) is 0 Å². The van der Waals surface area contributed by atoms with Crippen molar-refractivity contribution in [2.45, 2.75) is 47.5 Å². The minimum atomic E-state index is -0.292. The zero-order chi connectivity index (χ0) is 13.3. The minimum absolute atomic E-state index is 0.00824. The van der Waals surface area contributed by atoms with Crippen LogP contribution in [0.15, 0.2) is 0 Å². The van der Waals surface area contributed by atoms with Crippen molar-refractivity contribution in [2.75, 3.05) is 20.2 Å². The molecule has 1 aliphatic rings. The number of hydrogen-bond donors (Lipinski definition) is 1. The Bertz CT molecular complexity index is 291. The molecular formula is C14H27NO2. The van der Waals surface area contributed by atoms with E-state index in [1.54, 1.807) is 0 Å². The first kappa shape index (κ1) is 14.5. The fourth-order valence-corrected chi connectivity index (χ4v) is 3.09. The molecule has 100 valence electrons. The molecule has 0 radical (unpaired) electrons. The van der Waals surface area contributed by atoms with E-state index in [1.165, 1.54) is 0 Å². The number of nitrogens with one attached hydrogen (secondary N) is 1. The van der Waals surface area contributed by atoms with Gasteiger partial charge in [-0.05, 0) is 37.3 Å². The van der Waals surface area contributed by atoms with Crippen LogP contribution in [0.5, 0.6) is 0 Å². The summed E-state index contributed by atoms with van der Waals surface area (Å²) in [6.45, 7) is 12.1. The van der Waals surface area contributed by atoms with Gasteiger partial charge in [0.15, 0.2) is 0 Å². The second kappa shape index (κ2) is 4.60. The lowest BCUT2D eigenvalue weighted by molar-refractivity contribution is -0.157. The number of rotatable bonds is 5. The molecular weight excluding hydrogens is 214 g/mol. The molecule has 0 heterocycles. The molecule has 0 amide bonds. The van der Waals surface area contributed by atoms with Gasteiger partial charge in [-0.1, -0.05) is 34.6 Å². The van der Waals surface area contributed by atoms with E-state index in [1.807, 2.05) is 7.05 Å². The van der Waals surface area contributed by atoms with Gasteiger partial charge in [-0.15, -0.1) is 0 Å². The lowest BCUT2D eigenvalue weighted by atomic mass is 9.73. The van der Waals surface area contributed by atoms with Crippen molar-refractivity contribution in [2.24, 2.45) is 16.2 Å². The molecule has 1 saturated carbocycles. The van der Waals surface area contributed by atoms with Gasteiger partial charge < -0.3 is 10.1 Å². The average molecular weight is 241 g/mol. The van der Waals surface area contributed by atoms with Crippen LogP contribution in [-0.4, -0.2) is 26.2 Å². The van der Waals surface area contributed by atoms with Crippen molar-refractivity contribution in [3.63, 3.8) is 0 Å². The molecule has 17 heavy (non-hydrogen) atoms. The molecule has 0 aromatic heterocycles. The molecule has 0 spiro atoms. The second-order valence-corrected chi connectivity index (χ2v) is 6.81. The van der Waals surface area contributed by atoms with Crippen LogP contribution in [0.2, 0.25) is 0 Å². The second-order valence-electron chi connectivity index (χ2n) is 6.81. The molecule has 1 N–H and O–H groups in total. The van der Waals surface area contributed by atoms with Crippen LogP contribution in [-0.2, 0) is 9.53 Å². The third kappa shape index (κ3) is 2.49. The summed E-state index contributed by atoms with van der Waals surface area (Å²) in [5.41, 5.74) is -0.248. The first-order valence-corrected chi connectivity index (χ1v) is 6.51. The van der Waals surface area contributed by atoms with E-state index in [2.05, 4.69) is 39.9 Å². The molecule has 1 unspecified atom stereocenters. The maximum atomic E-state index is 12.3. The summed E-state index contributed by atoms with van der Waals surface area (Å²) in [5, 5.41) is 3.05. The summed E-state index contributed by atoms with van der Waals surface area (Å²) < 4.78 is 5.45. The van der Waals surface area contributed by atoms with E-state index in [4.69, 9.17) is 4.74 Å². The SMILES string of the molecule is CNCCCOC(=O)C1(C(C)(C)C)CC1(C)C. The predicted molar refractivity (Wildman–Crippen MR) is 69.8 cm³/mol. The summed E-state index contributed by atoms with van der Waals surface area (Å²) >= 11 is 0. The normalized spacial score (nSPS) is 26.7. The molecule has 1 rings (SSSR count). The highest BCUT2D eigenvalue weighted by atomic mass is 16.5. The summed E-state index contributed by atoms with van der Waals surface area (Å²) in [7, 11) is 1.91. The molecule has 0 bridgehead atoms. The fraction of sp³-hybridized carbons (Fsp3) is 0.929. The Morgan fingerprint density at radius 2 is 1.88 bits per heavy atom. The number of carbonyl (C=O) groups excluding carboxylic acids is 1. The van der Waals surface area contributed by atoms with Crippen LogP contribution in [0.1, 0.15) is 47.5 Å². The van der Waals surface area contributed by atoms with Gasteiger partial charge in [0.05, 0.1) is 12.0 Å². The van der Waals surface area contributed by atoms with Crippen molar-refractivity contribution in [1.29, 1.82) is 0 Å². The standard InChI is InChI=1S/C14H27NO2/c1-12(2,3)14(10-13(14,4)5)11(16)17-9-7-8-15-6/h15H,7-10H2,1-6H3. The molecule has 3 nitrogen and oxygen atoms in total. The molecule has 0 aliphatic heterocycles. The molecule has 0 aromatic rings. The van der Waals surface area contributed by atoms with Crippen molar-refractivity contribution < 1.29 is 9.53 Å². The first-order chi connectivity index (χ1) is 7.69. The first-order valence-electron chi connectivity index (χ1n) is 6.51. The third-order valence-corrected chi connectivity index (χ3v) is 4.17. The highest BCUT2D eigenvalue weighted by Gasteiger charge is 2.72. The lowest BCUT2D eigenvalue weighted by Crippen LogP contribution is -2.36. The zero-order valence-corrected chi connectivity index (χ0v) is 12.1. The van der Waals surface area contributed by atoms with Crippen LogP contribution in [0.4, 0.5) is 0 Å². The molecule has 1 atom stereocenters. The van der Waals surface area contributed by atoms with E-state index >= 15 is 0 Å². The summed E-state index contributed by atoms with van der Waals surface area (Å²) in [6, 6.07) is 0. The maximum absolute atomic E-state index is 12.3. The van der Waals surface area contributed by atoms with Gasteiger partial charge in [-0.2, -0.15) is 0 Å². The summed E-state index contributed by atoms with van der Waals surface area (Å²) in [4.78, 5) is 12.3. The Hall–Kier alpha value is -0.570. The topological polar surface area (TPSA) is 38.3 Å². The molecule has 0 saturated heterocycles. The highest BCUT2D eigenvalue weighted by molar-refractivity contribution is 5.82. The minimum Gasteiger partial charge on any atom is -0.465 e. The number of esters is 1. The van der Waals surface area contributed by atoms with E-state index < -0.39 is 0 Å². The summed E-state index contributed by atoms with van der Waals surface area (Å²) in [5.74, 6) is -0.00824. The molecule has 0 aromatic carbocycles. The average Bonchev–Trinajstić information content (AvgIpc) is 2.77. The van der Waals surface area contributed by atoms with Gasteiger partial charge in [0.2, 0.25) is 0 Å². The molecule has 1 fully saturated rings.